The van der Waals surface area contributed by atoms with E-state index in [9.17, 15) is 27.2 Å². The maximum atomic E-state index is 12.5. The molecule has 0 spiro atoms. The molecule has 0 saturated heterocycles. The molecule has 11 heteroatoms. The Labute approximate surface area is 155 Å². The lowest BCUT2D eigenvalue weighted by molar-refractivity contribution is -0.274. The molecule has 0 radical (unpaired) electrons. The number of pyridine rings is 1. The first-order valence-electron chi connectivity index (χ1n) is 8.05. The first kappa shape index (κ1) is 19.4. The maximum Gasteiger partial charge on any atom is 0.573 e. The summed E-state index contributed by atoms with van der Waals surface area (Å²) >= 11 is 0. The molecule has 0 unspecified atom stereocenters. The van der Waals surface area contributed by atoms with Crippen molar-refractivity contribution in [2.24, 2.45) is 0 Å². The van der Waals surface area contributed by atoms with E-state index in [0.717, 1.165) is 15.1 Å². The van der Waals surface area contributed by atoms with E-state index in [4.69, 9.17) is 0 Å². The third kappa shape index (κ3) is 4.30. The number of nitrogens with zero attached hydrogens (tertiary/aromatic N) is 3. The molecule has 0 fully saturated rings. The third-order valence-corrected chi connectivity index (χ3v) is 3.77. The summed E-state index contributed by atoms with van der Waals surface area (Å²) in [5, 5.41) is 6.38. The Morgan fingerprint density at radius 3 is 2.64 bits per heavy atom. The molecule has 2 heterocycles. The van der Waals surface area contributed by atoms with Crippen LogP contribution in [0.2, 0.25) is 0 Å². The van der Waals surface area contributed by atoms with E-state index in [1.165, 1.54) is 36.5 Å². The van der Waals surface area contributed by atoms with Crippen LogP contribution in [-0.2, 0) is 13.1 Å². The highest BCUT2D eigenvalue weighted by molar-refractivity contribution is 5.94. The summed E-state index contributed by atoms with van der Waals surface area (Å²) in [5.41, 5.74) is -0.157. The Balaban J connectivity index is 1.77. The van der Waals surface area contributed by atoms with Crippen LogP contribution in [0.15, 0.2) is 47.4 Å². The molecule has 0 saturated carbocycles. The van der Waals surface area contributed by atoms with E-state index in [0.29, 0.717) is 0 Å². The number of ether oxygens (including phenoxy) is 1. The van der Waals surface area contributed by atoms with Crippen LogP contribution in [-0.4, -0.2) is 33.1 Å². The SMILES string of the molecule is O=C(NCc1ccccc1OC(F)(F)F)c1ccc2nn(CCF)c(=O)n2c1. The monoisotopic (exact) mass is 398 g/mol. The second-order valence-corrected chi connectivity index (χ2v) is 5.68. The lowest BCUT2D eigenvalue weighted by Crippen LogP contribution is -2.26. The fraction of sp³-hybridized carbons (Fsp3) is 0.235. The van der Waals surface area contributed by atoms with Gasteiger partial charge in [0.25, 0.3) is 5.91 Å². The number of aryl methyl sites for hydroxylation is 1. The van der Waals surface area contributed by atoms with Crippen LogP contribution in [0.5, 0.6) is 5.75 Å². The van der Waals surface area contributed by atoms with Crippen molar-refractivity contribution in [2.75, 3.05) is 6.67 Å². The minimum atomic E-state index is -4.86. The van der Waals surface area contributed by atoms with Crippen molar-refractivity contribution in [3.8, 4) is 5.75 Å². The van der Waals surface area contributed by atoms with Crippen LogP contribution in [0.4, 0.5) is 17.6 Å². The summed E-state index contributed by atoms with van der Waals surface area (Å²) in [6.45, 7) is -1.20. The summed E-state index contributed by atoms with van der Waals surface area (Å²) in [4.78, 5) is 24.4. The Morgan fingerprint density at radius 2 is 1.93 bits per heavy atom. The van der Waals surface area contributed by atoms with Gasteiger partial charge in [-0.3, -0.25) is 4.79 Å². The van der Waals surface area contributed by atoms with Crippen LogP contribution < -0.4 is 15.7 Å². The molecule has 0 atom stereocenters. The van der Waals surface area contributed by atoms with Gasteiger partial charge in [-0.15, -0.1) is 18.3 Å². The molecule has 2 aromatic heterocycles. The lowest BCUT2D eigenvalue weighted by Gasteiger charge is -2.13. The van der Waals surface area contributed by atoms with Gasteiger partial charge in [-0.05, 0) is 18.2 Å². The predicted molar refractivity (Wildman–Crippen MR) is 89.7 cm³/mol. The zero-order chi connectivity index (χ0) is 20.3. The summed E-state index contributed by atoms with van der Waals surface area (Å²) in [6.07, 6.45) is -3.63. The molecule has 0 aliphatic heterocycles. The number of carbonyl (C=O) groups is 1. The molecule has 1 N–H and O–H groups in total. The molecule has 1 amide bonds. The van der Waals surface area contributed by atoms with Crippen molar-refractivity contribution in [3.63, 3.8) is 0 Å². The van der Waals surface area contributed by atoms with Crippen molar-refractivity contribution in [2.45, 2.75) is 19.5 Å². The molecule has 0 aliphatic carbocycles. The highest BCUT2D eigenvalue weighted by Crippen LogP contribution is 2.26. The highest BCUT2D eigenvalue weighted by Gasteiger charge is 2.32. The number of hydrogen-bond donors (Lipinski definition) is 1. The topological polar surface area (TPSA) is 77.6 Å². The number of fused-ring (bicyclic) bond motifs is 1. The van der Waals surface area contributed by atoms with Crippen LogP contribution >= 0.6 is 0 Å². The molecule has 0 bridgehead atoms. The fourth-order valence-corrected chi connectivity index (χ4v) is 2.53. The van der Waals surface area contributed by atoms with Crippen LogP contribution in [0, 0.1) is 0 Å². The number of carbonyl (C=O) groups excluding carboxylic acids is 1. The summed E-state index contributed by atoms with van der Waals surface area (Å²) in [6, 6.07) is 8.22. The van der Waals surface area contributed by atoms with Crippen LogP contribution in [0.25, 0.3) is 5.65 Å². The average molecular weight is 398 g/mol. The van der Waals surface area contributed by atoms with Crippen LogP contribution in [0.3, 0.4) is 0 Å². The zero-order valence-corrected chi connectivity index (χ0v) is 14.2. The second kappa shape index (κ2) is 7.71. The van der Waals surface area contributed by atoms with Crippen molar-refractivity contribution in [1.29, 1.82) is 0 Å². The van der Waals surface area contributed by atoms with Gasteiger partial charge in [-0.2, -0.15) is 0 Å². The average Bonchev–Trinajstić information content (AvgIpc) is 2.95. The van der Waals surface area contributed by atoms with E-state index in [2.05, 4.69) is 15.2 Å². The molecule has 3 rings (SSSR count). The predicted octanol–water partition coefficient (Wildman–Crippen LogP) is 2.29. The Hall–Kier alpha value is -3.37. The van der Waals surface area contributed by atoms with Gasteiger partial charge in [-0.25, -0.2) is 18.3 Å². The van der Waals surface area contributed by atoms with E-state index >= 15 is 0 Å². The lowest BCUT2D eigenvalue weighted by atomic mass is 10.2. The molecule has 1 aromatic carbocycles. The van der Waals surface area contributed by atoms with Gasteiger partial charge < -0.3 is 10.1 Å². The fourth-order valence-electron chi connectivity index (χ4n) is 2.53. The third-order valence-electron chi connectivity index (χ3n) is 3.77. The largest absolute Gasteiger partial charge is 0.573 e. The molecule has 28 heavy (non-hydrogen) atoms. The number of rotatable bonds is 6. The van der Waals surface area contributed by atoms with Gasteiger partial charge >= 0.3 is 12.1 Å². The molecule has 7 nitrogen and oxygen atoms in total. The molecular weight excluding hydrogens is 384 g/mol. The summed E-state index contributed by atoms with van der Waals surface area (Å²) < 4.78 is 55.8. The van der Waals surface area contributed by atoms with Gasteiger partial charge in [0.15, 0.2) is 5.65 Å². The van der Waals surface area contributed by atoms with Gasteiger partial charge in [-0.1, -0.05) is 18.2 Å². The standard InChI is InChI=1S/C17H14F4N4O3/c18-7-8-25-16(27)24-10-12(5-6-14(24)23-25)15(26)22-9-11-3-1-2-4-13(11)28-17(19,20)21/h1-6,10H,7-9H2,(H,22,26). The smallest absolute Gasteiger partial charge is 0.405 e. The Kier molecular flexibility index (Phi) is 5.34. The summed E-state index contributed by atoms with van der Waals surface area (Å²) in [5.74, 6) is -1.04. The van der Waals surface area contributed by atoms with Gasteiger partial charge in [0.2, 0.25) is 0 Å². The van der Waals surface area contributed by atoms with Gasteiger partial charge in [0.1, 0.15) is 12.4 Å². The number of amides is 1. The number of nitrogens with one attached hydrogen (secondary N) is 1. The minimum Gasteiger partial charge on any atom is -0.405 e. The number of alkyl halides is 4. The molecule has 3 aromatic rings. The first-order valence-corrected chi connectivity index (χ1v) is 8.05. The number of para-hydroxylation sites is 1. The summed E-state index contributed by atoms with van der Waals surface area (Å²) in [7, 11) is 0. The highest BCUT2D eigenvalue weighted by atomic mass is 19.4. The Morgan fingerprint density at radius 1 is 1.18 bits per heavy atom. The van der Waals surface area contributed by atoms with Crippen molar-refractivity contribution in [1.82, 2.24) is 19.5 Å². The normalized spacial score (nSPS) is 11.6. The van der Waals surface area contributed by atoms with E-state index in [-0.39, 0.29) is 29.9 Å². The van der Waals surface area contributed by atoms with Crippen molar-refractivity contribution < 1.29 is 27.1 Å². The first-order chi connectivity index (χ1) is 13.3. The molecule has 0 aliphatic rings. The minimum absolute atomic E-state index is 0.0867. The molecular formula is C17H14F4N4O3. The molecule has 148 valence electrons. The second-order valence-electron chi connectivity index (χ2n) is 5.68. The van der Waals surface area contributed by atoms with Gasteiger partial charge in [0, 0.05) is 18.3 Å². The van der Waals surface area contributed by atoms with E-state index < -0.39 is 30.4 Å². The zero-order valence-electron chi connectivity index (χ0n) is 14.2. The number of aromatic nitrogens is 3. The van der Waals surface area contributed by atoms with E-state index in [1.807, 2.05) is 0 Å². The maximum absolute atomic E-state index is 12.5. The van der Waals surface area contributed by atoms with Gasteiger partial charge in [0.05, 0.1) is 12.1 Å². The van der Waals surface area contributed by atoms with Crippen molar-refractivity contribution >= 4 is 11.6 Å². The number of benzene rings is 1. The van der Waals surface area contributed by atoms with E-state index in [1.54, 1.807) is 0 Å². The van der Waals surface area contributed by atoms with Crippen LogP contribution in [0.1, 0.15) is 15.9 Å². The van der Waals surface area contributed by atoms with Crippen molar-refractivity contribution in [3.05, 3.63) is 64.2 Å². The quantitative estimate of drug-likeness (QED) is 0.647. The number of halogens is 4. The Bertz CT molecular complexity index is 1060. The number of hydrogen-bond acceptors (Lipinski definition) is 4.